The van der Waals surface area contributed by atoms with Crippen LogP contribution in [0.25, 0.3) is 0 Å². The second kappa shape index (κ2) is 11.3. The third kappa shape index (κ3) is 6.93. The Hall–Kier alpha value is -3.19. The van der Waals surface area contributed by atoms with Crippen LogP contribution in [-0.4, -0.2) is 54.0 Å². The normalized spacial score (nSPS) is 14.2. The second-order valence-corrected chi connectivity index (χ2v) is 7.81. The summed E-state index contributed by atoms with van der Waals surface area (Å²) >= 11 is 0. The summed E-state index contributed by atoms with van der Waals surface area (Å²) in [5, 5.41) is 14.8. The smallest absolute Gasteiger partial charge is 0.253 e. The fraction of sp³-hybridized carbons (Fsp3) is 0.375. The molecule has 1 aliphatic heterocycles. The van der Waals surface area contributed by atoms with E-state index in [4.69, 9.17) is 0 Å². The molecule has 164 valence electrons. The van der Waals surface area contributed by atoms with E-state index in [9.17, 15) is 19.5 Å². The van der Waals surface area contributed by atoms with Crippen LogP contribution in [-0.2, 0) is 16.0 Å². The Bertz CT molecular complexity index is 893. The summed E-state index contributed by atoms with van der Waals surface area (Å²) < 4.78 is 0. The van der Waals surface area contributed by atoms with Gasteiger partial charge < -0.3 is 20.6 Å². The van der Waals surface area contributed by atoms with Crippen LogP contribution in [0.15, 0.2) is 54.6 Å². The first-order valence-corrected chi connectivity index (χ1v) is 10.7. The number of hydrogen-bond acceptors (Lipinski definition) is 4. The molecule has 0 saturated carbocycles. The van der Waals surface area contributed by atoms with E-state index >= 15 is 0 Å². The Morgan fingerprint density at radius 2 is 1.71 bits per heavy atom. The number of aliphatic hydroxyl groups excluding tert-OH is 1. The Labute approximate surface area is 182 Å². The van der Waals surface area contributed by atoms with Crippen LogP contribution in [0.1, 0.15) is 35.2 Å². The third-order valence-electron chi connectivity index (χ3n) is 5.43. The number of benzene rings is 2. The lowest BCUT2D eigenvalue weighted by atomic mass is 9.97. The van der Waals surface area contributed by atoms with Crippen molar-refractivity contribution in [1.82, 2.24) is 10.2 Å². The predicted molar refractivity (Wildman–Crippen MR) is 119 cm³/mol. The van der Waals surface area contributed by atoms with Crippen LogP contribution in [0.3, 0.4) is 0 Å². The molecule has 1 fully saturated rings. The van der Waals surface area contributed by atoms with Crippen LogP contribution in [0.5, 0.6) is 0 Å². The summed E-state index contributed by atoms with van der Waals surface area (Å²) in [6, 6.07) is 16.3. The van der Waals surface area contributed by atoms with Gasteiger partial charge in [0.15, 0.2) is 0 Å². The van der Waals surface area contributed by atoms with Gasteiger partial charge in [-0.2, -0.15) is 0 Å². The van der Waals surface area contributed by atoms with E-state index in [1.807, 2.05) is 30.3 Å². The van der Waals surface area contributed by atoms with Gasteiger partial charge in [-0.05, 0) is 42.5 Å². The van der Waals surface area contributed by atoms with Crippen LogP contribution >= 0.6 is 0 Å². The zero-order chi connectivity index (χ0) is 22.1. The van der Waals surface area contributed by atoms with Gasteiger partial charge in [-0.25, -0.2) is 0 Å². The lowest BCUT2D eigenvalue weighted by molar-refractivity contribution is -0.120. The van der Waals surface area contributed by atoms with E-state index < -0.39 is 0 Å². The molecule has 7 heteroatoms. The van der Waals surface area contributed by atoms with Gasteiger partial charge in [-0.3, -0.25) is 14.4 Å². The molecule has 3 amide bonds. The van der Waals surface area contributed by atoms with Gasteiger partial charge in [0.25, 0.3) is 5.91 Å². The SMILES string of the molecule is O=C(Cc1ccccc1)NCCC(=O)Nc1cccc(C(=O)N2CCC(CO)CC2)c1. The van der Waals surface area contributed by atoms with Crippen LogP contribution < -0.4 is 10.6 Å². The number of nitrogens with one attached hydrogen (secondary N) is 2. The molecule has 3 N–H and O–H groups in total. The molecule has 0 atom stereocenters. The van der Waals surface area contributed by atoms with Crippen LogP contribution in [0.4, 0.5) is 5.69 Å². The molecule has 1 aliphatic rings. The molecule has 2 aromatic carbocycles. The quantitative estimate of drug-likeness (QED) is 0.606. The van der Waals surface area contributed by atoms with Gasteiger partial charge in [0.2, 0.25) is 11.8 Å². The maximum absolute atomic E-state index is 12.7. The van der Waals surface area contributed by atoms with Gasteiger partial charge in [-0.1, -0.05) is 36.4 Å². The fourth-order valence-corrected chi connectivity index (χ4v) is 3.61. The van der Waals surface area contributed by atoms with Crippen molar-refractivity contribution in [1.29, 1.82) is 0 Å². The van der Waals surface area contributed by atoms with Gasteiger partial charge in [-0.15, -0.1) is 0 Å². The van der Waals surface area contributed by atoms with E-state index in [1.54, 1.807) is 29.2 Å². The minimum Gasteiger partial charge on any atom is -0.396 e. The summed E-state index contributed by atoms with van der Waals surface area (Å²) in [6.07, 6.45) is 2.03. The van der Waals surface area contributed by atoms with Crippen molar-refractivity contribution in [3.63, 3.8) is 0 Å². The highest BCUT2D eigenvalue weighted by molar-refractivity contribution is 5.97. The minimum atomic E-state index is -0.228. The number of nitrogens with zero attached hydrogens (tertiary/aromatic N) is 1. The first-order chi connectivity index (χ1) is 15.0. The number of anilines is 1. The topological polar surface area (TPSA) is 98.7 Å². The third-order valence-corrected chi connectivity index (χ3v) is 5.43. The van der Waals surface area contributed by atoms with Crippen molar-refractivity contribution in [2.45, 2.75) is 25.7 Å². The summed E-state index contributed by atoms with van der Waals surface area (Å²) in [4.78, 5) is 38.7. The minimum absolute atomic E-state index is 0.0688. The summed E-state index contributed by atoms with van der Waals surface area (Å²) in [6.45, 7) is 1.67. The average molecular weight is 424 g/mol. The number of piperidine rings is 1. The number of rotatable bonds is 8. The molecule has 7 nitrogen and oxygen atoms in total. The zero-order valence-corrected chi connectivity index (χ0v) is 17.5. The maximum atomic E-state index is 12.7. The molecule has 3 rings (SSSR count). The molecule has 1 heterocycles. The Morgan fingerprint density at radius 3 is 2.42 bits per heavy atom. The summed E-state index contributed by atoms with van der Waals surface area (Å²) in [5.74, 6) is -0.159. The molecular weight excluding hydrogens is 394 g/mol. The largest absolute Gasteiger partial charge is 0.396 e. The van der Waals surface area contributed by atoms with Crippen molar-refractivity contribution in [3.05, 3.63) is 65.7 Å². The number of likely N-dealkylation sites (tertiary alicyclic amines) is 1. The van der Waals surface area contributed by atoms with E-state index in [0.717, 1.165) is 18.4 Å². The number of amides is 3. The van der Waals surface area contributed by atoms with E-state index in [1.165, 1.54) is 0 Å². The lowest BCUT2D eigenvalue weighted by Gasteiger charge is -2.31. The molecule has 0 aromatic heterocycles. The van der Waals surface area contributed by atoms with Crippen molar-refractivity contribution in [2.24, 2.45) is 5.92 Å². The highest BCUT2D eigenvalue weighted by Gasteiger charge is 2.23. The number of carbonyl (C=O) groups is 3. The molecule has 0 aliphatic carbocycles. The van der Waals surface area contributed by atoms with Gasteiger partial charge in [0, 0.05) is 43.9 Å². The summed E-state index contributed by atoms with van der Waals surface area (Å²) in [5.41, 5.74) is 2.00. The molecular formula is C24H29N3O4. The molecule has 0 radical (unpaired) electrons. The summed E-state index contributed by atoms with van der Waals surface area (Å²) in [7, 11) is 0. The van der Waals surface area contributed by atoms with E-state index in [-0.39, 0.29) is 49.6 Å². The van der Waals surface area contributed by atoms with Crippen LogP contribution in [0.2, 0.25) is 0 Å². The predicted octanol–water partition coefficient (Wildman–Crippen LogP) is 2.22. The number of hydrogen-bond donors (Lipinski definition) is 3. The molecule has 2 aromatic rings. The number of carbonyl (C=O) groups excluding carboxylic acids is 3. The molecule has 0 spiro atoms. The van der Waals surface area contributed by atoms with Crippen molar-refractivity contribution >= 4 is 23.4 Å². The fourth-order valence-electron chi connectivity index (χ4n) is 3.61. The van der Waals surface area contributed by atoms with Gasteiger partial charge in [0.1, 0.15) is 0 Å². The molecule has 0 unspecified atom stereocenters. The zero-order valence-electron chi connectivity index (χ0n) is 17.5. The van der Waals surface area contributed by atoms with Gasteiger partial charge >= 0.3 is 0 Å². The molecule has 0 bridgehead atoms. The standard InChI is InChI=1S/C24H29N3O4/c28-17-19-10-13-27(14-11-19)24(31)20-7-4-8-21(16-20)26-22(29)9-12-25-23(30)15-18-5-2-1-3-6-18/h1-8,16,19,28H,9-15,17H2,(H,25,30)(H,26,29). The average Bonchev–Trinajstić information content (AvgIpc) is 2.79. The monoisotopic (exact) mass is 423 g/mol. The molecule has 31 heavy (non-hydrogen) atoms. The van der Waals surface area contributed by atoms with E-state index in [2.05, 4.69) is 10.6 Å². The van der Waals surface area contributed by atoms with E-state index in [0.29, 0.717) is 24.3 Å². The Morgan fingerprint density at radius 1 is 0.968 bits per heavy atom. The maximum Gasteiger partial charge on any atom is 0.253 e. The van der Waals surface area contributed by atoms with Crippen molar-refractivity contribution < 1.29 is 19.5 Å². The first kappa shape index (κ1) is 22.5. The highest BCUT2D eigenvalue weighted by atomic mass is 16.3. The molecule has 1 saturated heterocycles. The Kier molecular flexibility index (Phi) is 8.18. The van der Waals surface area contributed by atoms with Crippen molar-refractivity contribution in [3.8, 4) is 0 Å². The second-order valence-electron chi connectivity index (χ2n) is 7.81. The lowest BCUT2D eigenvalue weighted by Crippen LogP contribution is -2.39. The highest BCUT2D eigenvalue weighted by Crippen LogP contribution is 2.20. The first-order valence-electron chi connectivity index (χ1n) is 10.7. The Balaban J connectivity index is 1.44. The van der Waals surface area contributed by atoms with Crippen molar-refractivity contribution in [2.75, 3.05) is 31.6 Å². The number of aliphatic hydroxyl groups is 1. The van der Waals surface area contributed by atoms with Crippen LogP contribution in [0, 0.1) is 5.92 Å². The van der Waals surface area contributed by atoms with Gasteiger partial charge in [0.05, 0.1) is 6.42 Å².